The monoisotopic (exact) mass is 239 g/mol. The molecule has 1 N–H and O–H groups in total. The van der Waals surface area contributed by atoms with Crippen LogP contribution >= 0.6 is 0 Å². The second-order valence-corrected chi connectivity index (χ2v) is 5.08. The molecule has 1 aromatic carbocycles. The van der Waals surface area contributed by atoms with E-state index in [2.05, 4.69) is 18.2 Å². The van der Waals surface area contributed by atoms with Crippen molar-refractivity contribution in [2.45, 2.75) is 32.2 Å². The van der Waals surface area contributed by atoms with E-state index >= 15 is 0 Å². The largest absolute Gasteiger partial charge is 0.381 e. The normalized spacial score (nSPS) is 26.1. The summed E-state index contributed by atoms with van der Waals surface area (Å²) in [6.45, 7) is 2.10. The summed E-state index contributed by atoms with van der Waals surface area (Å²) in [7, 11) is 0. The first-order valence-electron chi connectivity index (χ1n) is 6.23. The van der Waals surface area contributed by atoms with Gasteiger partial charge in [0.05, 0.1) is 0 Å². The number of benzene rings is 1. The van der Waals surface area contributed by atoms with Crippen LogP contribution < -0.4 is 5.32 Å². The van der Waals surface area contributed by atoms with Crippen molar-refractivity contribution in [2.24, 2.45) is 5.41 Å². The van der Waals surface area contributed by atoms with E-state index in [1.807, 2.05) is 30.2 Å². The van der Waals surface area contributed by atoms with E-state index < -0.39 is 0 Å². The van der Waals surface area contributed by atoms with Crippen LogP contribution in [0.4, 0.5) is 5.69 Å². The van der Waals surface area contributed by atoms with Gasteiger partial charge in [-0.3, -0.25) is 0 Å². The Hall–Kier alpha value is -1.97. The van der Waals surface area contributed by atoms with Crippen LogP contribution in [-0.2, 0) is 4.79 Å². The molecule has 2 atom stereocenters. The minimum absolute atomic E-state index is 0.103. The topological polar surface area (TPSA) is 29.1 Å². The first-order valence-corrected chi connectivity index (χ1v) is 6.23. The molecule has 1 fully saturated rings. The van der Waals surface area contributed by atoms with Crippen molar-refractivity contribution < 1.29 is 4.79 Å². The summed E-state index contributed by atoms with van der Waals surface area (Å²) in [6, 6.07) is 8.09. The van der Waals surface area contributed by atoms with Gasteiger partial charge in [0, 0.05) is 28.8 Å². The van der Waals surface area contributed by atoms with Gasteiger partial charge in [0.25, 0.3) is 0 Å². The molecule has 2 unspecified atom stereocenters. The van der Waals surface area contributed by atoms with Gasteiger partial charge < -0.3 is 5.32 Å². The van der Waals surface area contributed by atoms with E-state index in [0.29, 0.717) is 0 Å². The van der Waals surface area contributed by atoms with Crippen molar-refractivity contribution in [1.29, 1.82) is 0 Å². The van der Waals surface area contributed by atoms with Gasteiger partial charge in [-0.05, 0) is 31.0 Å². The number of terminal acetylenes is 1. The van der Waals surface area contributed by atoms with Crippen molar-refractivity contribution in [3.63, 3.8) is 0 Å². The lowest BCUT2D eigenvalue weighted by atomic mass is 9.85. The standard InChI is InChI=1S/C16H17NO/c1-3-13-6-4-7-14(12-13)17-15-8-5-9-16(15,2)10-11-18/h1,4,6-7,10,12,15,17H,5,8-9H2,2H3. The molecule has 2 heteroatoms. The second-order valence-electron chi connectivity index (χ2n) is 5.08. The fraction of sp³-hybridized carbons (Fsp3) is 0.375. The molecule has 92 valence electrons. The molecule has 0 aromatic heterocycles. The summed E-state index contributed by atoms with van der Waals surface area (Å²) >= 11 is 0. The third-order valence-electron chi connectivity index (χ3n) is 3.76. The average molecular weight is 239 g/mol. The highest BCUT2D eigenvalue weighted by molar-refractivity contribution is 5.53. The third-order valence-corrected chi connectivity index (χ3v) is 3.76. The first-order chi connectivity index (χ1) is 8.68. The van der Waals surface area contributed by atoms with E-state index in [9.17, 15) is 4.79 Å². The maximum atomic E-state index is 10.6. The highest BCUT2D eigenvalue weighted by Gasteiger charge is 2.37. The Bertz CT molecular complexity index is 522. The highest BCUT2D eigenvalue weighted by atomic mass is 16.1. The molecule has 0 heterocycles. The molecule has 2 rings (SSSR count). The molecule has 18 heavy (non-hydrogen) atoms. The minimum atomic E-state index is -0.103. The Morgan fingerprint density at radius 2 is 2.39 bits per heavy atom. The van der Waals surface area contributed by atoms with Gasteiger partial charge in [-0.1, -0.05) is 25.3 Å². The average Bonchev–Trinajstić information content (AvgIpc) is 2.71. The molecule has 1 aromatic rings. The Kier molecular flexibility index (Phi) is 3.55. The summed E-state index contributed by atoms with van der Waals surface area (Å²) in [5.41, 5.74) is 1.78. The number of rotatable bonds is 3. The van der Waals surface area contributed by atoms with Crippen molar-refractivity contribution >= 4 is 11.6 Å². The predicted molar refractivity (Wildman–Crippen MR) is 74.0 cm³/mol. The van der Waals surface area contributed by atoms with Crippen LogP contribution in [0.15, 0.2) is 30.3 Å². The number of nitrogens with one attached hydrogen (secondary N) is 1. The third kappa shape index (κ3) is 2.47. The molecule has 0 amide bonds. The zero-order valence-electron chi connectivity index (χ0n) is 10.6. The summed E-state index contributed by atoms with van der Waals surface area (Å²) in [5.74, 6) is 4.57. The molecule has 0 bridgehead atoms. The van der Waals surface area contributed by atoms with Crippen LogP contribution in [0.3, 0.4) is 0 Å². The van der Waals surface area contributed by atoms with Crippen LogP contribution in [0.2, 0.25) is 0 Å². The molecule has 2 nitrogen and oxygen atoms in total. The molecule has 0 spiro atoms. The van der Waals surface area contributed by atoms with E-state index in [1.165, 1.54) is 0 Å². The summed E-state index contributed by atoms with van der Waals surface area (Å²) in [4.78, 5) is 10.6. The van der Waals surface area contributed by atoms with Gasteiger partial charge in [-0.25, -0.2) is 4.79 Å². The van der Waals surface area contributed by atoms with E-state index in [4.69, 9.17) is 6.42 Å². The Morgan fingerprint density at radius 3 is 3.11 bits per heavy atom. The van der Waals surface area contributed by atoms with Crippen LogP contribution in [0.1, 0.15) is 31.7 Å². The number of carbonyl (C=O) groups excluding carboxylic acids is 1. The fourth-order valence-electron chi connectivity index (χ4n) is 2.64. The quantitative estimate of drug-likeness (QED) is 0.649. The summed E-state index contributed by atoms with van der Waals surface area (Å²) in [6.07, 6.45) is 10.3. The second kappa shape index (κ2) is 5.12. The Labute approximate surface area is 108 Å². The molecule has 1 aliphatic carbocycles. The lowest BCUT2D eigenvalue weighted by Crippen LogP contribution is -2.32. The Morgan fingerprint density at radius 1 is 1.56 bits per heavy atom. The van der Waals surface area contributed by atoms with Gasteiger partial charge in [-0.15, -0.1) is 6.42 Å². The number of anilines is 1. The molecule has 0 saturated heterocycles. The molecule has 1 saturated carbocycles. The maximum Gasteiger partial charge on any atom is 0.120 e. The zero-order chi connectivity index (χ0) is 13.0. The van der Waals surface area contributed by atoms with Gasteiger partial charge >= 0.3 is 0 Å². The molecular formula is C16H17NO. The number of hydrogen-bond acceptors (Lipinski definition) is 2. The van der Waals surface area contributed by atoms with Crippen LogP contribution in [-0.4, -0.2) is 12.0 Å². The molecule has 0 radical (unpaired) electrons. The SMILES string of the molecule is C#Cc1cccc(NC2CCCC2(C)C=C=O)c1. The Balaban J connectivity index is 2.18. The van der Waals surface area contributed by atoms with Crippen molar-refractivity contribution in [3.05, 3.63) is 35.9 Å². The molecule has 1 aliphatic rings. The summed E-state index contributed by atoms with van der Waals surface area (Å²) < 4.78 is 0. The smallest absolute Gasteiger partial charge is 0.120 e. The van der Waals surface area contributed by atoms with Crippen molar-refractivity contribution in [1.82, 2.24) is 0 Å². The lowest BCUT2D eigenvalue weighted by Gasteiger charge is -2.28. The van der Waals surface area contributed by atoms with Gasteiger partial charge in [-0.2, -0.15) is 0 Å². The maximum absolute atomic E-state index is 10.6. The van der Waals surface area contributed by atoms with E-state index in [1.54, 1.807) is 6.08 Å². The zero-order valence-corrected chi connectivity index (χ0v) is 10.6. The summed E-state index contributed by atoms with van der Waals surface area (Å²) in [5, 5.41) is 3.49. The predicted octanol–water partition coefficient (Wildman–Crippen LogP) is 3.03. The van der Waals surface area contributed by atoms with Crippen molar-refractivity contribution in [3.8, 4) is 12.3 Å². The van der Waals surface area contributed by atoms with Gasteiger partial charge in [0.1, 0.15) is 5.94 Å². The molecular weight excluding hydrogens is 222 g/mol. The van der Waals surface area contributed by atoms with Crippen LogP contribution in [0, 0.1) is 17.8 Å². The number of hydrogen-bond donors (Lipinski definition) is 1. The van der Waals surface area contributed by atoms with E-state index in [-0.39, 0.29) is 11.5 Å². The minimum Gasteiger partial charge on any atom is -0.381 e. The van der Waals surface area contributed by atoms with Gasteiger partial charge in [0.2, 0.25) is 0 Å². The first kappa shape index (κ1) is 12.5. The molecule has 0 aliphatic heterocycles. The lowest BCUT2D eigenvalue weighted by molar-refractivity contribution is 0.408. The van der Waals surface area contributed by atoms with Crippen LogP contribution in [0.25, 0.3) is 0 Å². The van der Waals surface area contributed by atoms with Crippen molar-refractivity contribution in [2.75, 3.05) is 5.32 Å². The van der Waals surface area contributed by atoms with Crippen LogP contribution in [0.5, 0.6) is 0 Å². The highest BCUT2D eigenvalue weighted by Crippen LogP contribution is 2.40. The van der Waals surface area contributed by atoms with Gasteiger partial charge in [0.15, 0.2) is 0 Å². The van der Waals surface area contributed by atoms with E-state index in [0.717, 1.165) is 30.5 Å². The fourth-order valence-corrected chi connectivity index (χ4v) is 2.64.